The third-order valence-corrected chi connectivity index (χ3v) is 2.74. The Morgan fingerprint density at radius 3 is 2.43 bits per heavy atom. The van der Waals surface area contributed by atoms with Gasteiger partial charge in [0.25, 0.3) is 0 Å². The van der Waals surface area contributed by atoms with Gasteiger partial charge in [-0.3, -0.25) is 0 Å². The molecule has 0 spiro atoms. The van der Waals surface area contributed by atoms with E-state index in [1.807, 2.05) is 0 Å². The summed E-state index contributed by atoms with van der Waals surface area (Å²) >= 11 is 0. The Labute approximate surface area is 132 Å². The van der Waals surface area contributed by atoms with Crippen molar-refractivity contribution >= 4 is 23.9 Å². The van der Waals surface area contributed by atoms with E-state index < -0.39 is 12.0 Å². The van der Waals surface area contributed by atoms with Crippen molar-refractivity contribution in [2.75, 3.05) is 11.9 Å². The number of carbonyl (C=O) groups excluding carboxylic acids is 2. The summed E-state index contributed by atoms with van der Waals surface area (Å²) < 4.78 is 5.04. The van der Waals surface area contributed by atoms with E-state index in [9.17, 15) is 9.59 Å². The molecule has 0 aliphatic rings. The van der Waals surface area contributed by atoms with Crippen LogP contribution >= 0.6 is 0 Å². The standard InChI is InChI=1S/C16H15N3O4/c20-15(23-14-4-2-1-3-5-14)11-17-16(21)19-13-8-6-12(7-9-13)10-18-22/h1-10,22H,11H2,(H2,17,19,21). The average Bonchev–Trinajstić information content (AvgIpc) is 2.56. The number of ether oxygens (including phenoxy) is 1. The van der Waals surface area contributed by atoms with Crippen LogP contribution in [-0.4, -0.2) is 30.0 Å². The number of rotatable bonds is 5. The molecule has 118 valence electrons. The molecule has 0 heterocycles. The zero-order valence-electron chi connectivity index (χ0n) is 12.1. The van der Waals surface area contributed by atoms with Crippen molar-refractivity contribution in [3.8, 4) is 5.75 Å². The third kappa shape index (κ3) is 5.50. The first-order valence-corrected chi connectivity index (χ1v) is 6.75. The number of amides is 2. The van der Waals surface area contributed by atoms with Crippen LogP contribution in [0.5, 0.6) is 5.75 Å². The molecule has 2 rings (SSSR count). The first-order valence-electron chi connectivity index (χ1n) is 6.75. The monoisotopic (exact) mass is 313 g/mol. The van der Waals surface area contributed by atoms with Crippen LogP contribution in [0.1, 0.15) is 5.56 Å². The summed E-state index contributed by atoms with van der Waals surface area (Å²) in [6.07, 6.45) is 1.27. The molecule has 3 N–H and O–H groups in total. The van der Waals surface area contributed by atoms with Crippen LogP contribution in [-0.2, 0) is 4.79 Å². The van der Waals surface area contributed by atoms with E-state index in [1.165, 1.54) is 6.21 Å². The highest BCUT2D eigenvalue weighted by atomic mass is 16.5. The number of nitrogens with one attached hydrogen (secondary N) is 2. The molecule has 0 saturated carbocycles. The van der Waals surface area contributed by atoms with E-state index in [0.717, 1.165) is 0 Å². The van der Waals surface area contributed by atoms with E-state index in [-0.39, 0.29) is 6.54 Å². The Bertz CT molecular complexity index is 684. The molecule has 0 atom stereocenters. The van der Waals surface area contributed by atoms with Crippen molar-refractivity contribution in [3.63, 3.8) is 0 Å². The number of urea groups is 1. The fraction of sp³-hybridized carbons (Fsp3) is 0.0625. The van der Waals surface area contributed by atoms with Gasteiger partial charge in [0.15, 0.2) is 0 Å². The largest absolute Gasteiger partial charge is 0.425 e. The Morgan fingerprint density at radius 2 is 1.78 bits per heavy atom. The van der Waals surface area contributed by atoms with Gasteiger partial charge in [0.2, 0.25) is 0 Å². The molecular weight excluding hydrogens is 298 g/mol. The van der Waals surface area contributed by atoms with Crippen LogP contribution in [0.15, 0.2) is 59.8 Å². The molecule has 0 aliphatic carbocycles. The number of anilines is 1. The van der Waals surface area contributed by atoms with Crippen molar-refractivity contribution in [2.45, 2.75) is 0 Å². The summed E-state index contributed by atoms with van der Waals surface area (Å²) in [5.74, 6) is -0.151. The van der Waals surface area contributed by atoms with Gasteiger partial charge < -0.3 is 20.6 Å². The fourth-order valence-electron chi connectivity index (χ4n) is 1.70. The van der Waals surface area contributed by atoms with Gasteiger partial charge in [0.1, 0.15) is 12.3 Å². The Hall–Kier alpha value is -3.35. The van der Waals surface area contributed by atoms with Gasteiger partial charge >= 0.3 is 12.0 Å². The van der Waals surface area contributed by atoms with Gasteiger partial charge in [-0.2, -0.15) is 0 Å². The third-order valence-electron chi connectivity index (χ3n) is 2.74. The molecule has 0 radical (unpaired) electrons. The topological polar surface area (TPSA) is 100 Å². The maximum atomic E-state index is 11.7. The lowest BCUT2D eigenvalue weighted by Crippen LogP contribution is -2.35. The second-order valence-electron chi connectivity index (χ2n) is 4.46. The van der Waals surface area contributed by atoms with Gasteiger partial charge in [-0.1, -0.05) is 35.5 Å². The molecule has 0 unspecified atom stereocenters. The van der Waals surface area contributed by atoms with Crippen LogP contribution < -0.4 is 15.4 Å². The number of esters is 1. The van der Waals surface area contributed by atoms with E-state index in [4.69, 9.17) is 9.94 Å². The highest BCUT2D eigenvalue weighted by molar-refractivity contribution is 5.92. The second kappa shape index (κ2) is 8.18. The van der Waals surface area contributed by atoms with E-state index in [0.29, 0.717) is 17.0 Å². The summed E-state index contributed by atoms with van der Waals surface area (Å²) in [7, 11) is 0. The smallest absolute Gasteiger partial charge is 0.330 e. The van der Waals surface area contributed by atoms with E-state index in [1.54, 1.807) is 54.6 Å². The summed E-state index contributed by atoms with van der Waals surface area (Å²) in [4.78, 5) is 23.3. The van der Waals surface area contributed by atoms with Gasteiger partial charge in [-0.05, 0) is 29.8 Å². The molecule has 2 aromatic carbocycles. The van der Waals surface area contributed by atoms with Crippen LogP contribution in [0, 0.1) is 0 Å². The predicted molar refractivity (Wildman–Crippen MR) is 84.9 cm³/mol. The van der Waals surface area contributed by atoms with Crippen molar-refractivity contribution in [1.82, 2.24) is 5.32 Å². The lowest BCUT2D eigenvalue weighted by molar-refractivity contribution is -0.133. The summed E-state index contributed by atoms with van der Waals surface area (Å²) in [5, 5.41) is 16.3. The molecule has 0 aromatic heterocycles. The molecule has 23 heavy (non-hydrogen) atoms. The normalized spacial score (nSPS) is 10.3. The lowest BCUT2D eigenvalue weighted by Gasteiger charge is -2.08. The minimum atomic E-state index is -0.569. The zero-order valence-corrected chi connectivity index (χ0v) is 12.1. The minimum absolute atomic E-state index is 0.254. The second-order valence-corrected chi connectivity index (χ2v) is 4.46. The van der Waals surface area contributed by atoms with Gasteiger partial charge in [-0.25, -0.2) is 9.59 Å². The van der Waals surface area contributed by atoms with Gasteiger partial charge in [0.05, 0.1) is 6.21 Å². The first-order chi connectivity index (χ1) is 11.2. The molecule has 0 saturated heterocycles. The van der Waals surface area contributed by atoms with Crippen LogP contribution in [0.3, 0.4) is 0 Å². The SMILES string of the molecule is O=C(NCC(=O)Oc1ccccc1)Nc1ccc(C=NO)cc1. The quantitative estimate of drug-likeness (QED) is 0.259. The van der Waals surface area contributed by atoms with Crippen molar-refractivity contribution in [2.24, 2.45) is 5.16 Å². The maximum absolute atomic E-state index is 11.7. The molecular formula is C16H15N3O4. The molecule has 2 aromatic rings. The Morgan fingerprint density at radius 1 is 1.09 bits per heavy atom. The van der Waals surface area contributed by atoms with E-state index >= 15 is 0 Å². The fourth-order valence-corrected chi connectivity index (χ4v) is 1.70. The number of nitrogens with zero attached hydrogens (tertiary/aromatic N) is 1. The highest BCUT2D eigenvalue weighted by Crippen LogP contribution is 2.09. The molecule has 7 heteroatoms. The molecule has 0 fully saturated rings. The summed E-state index contributed by atoms with van der Waals surface area (Å²) in [5.41, 5.74) is 1.22. The van der Waals surface area contributed by atoms with Gasteiger partial charge in [-0.15, -0.1) is 0 Å². The van der Waals surface area contributed by atoms with Crippen LogP contribution in [0.2, 0.25) is 0 Å². The summed E-state index contributed by atoms with van der Waals surface area (Å²) in [6.45, 7) is -0.254. The maximum Gasteiger partial charge on any atom is 0.330 e. The summed E-state index contributed by atoms with van der Waals surface area (Å²) in [6, 6.07) is 14.7. The number of para-hydroxylation sites is 1. The average molecular weight is 313 g/mol. The van der Waals surface area contributed by atoms with Crippen molar-refractivity contribution in [3.05, 3.63) is 60.2 Å². The number of oxime groups is 1. The first kappa shape index (κ1) is 16.0. The molecule has 0 bridgehead atoms. The number of carbonyl (C=O) groups is 2. The highest BCUT2D eigenvalue weighted by Gasteiger charge is 2.07. The molecule has 0 aliphatic heterocycles. The van der Waals surface area contributed by atoms with Crippen LogP contribution in [0.4, 0.5) is 10.5 Å². The Balaban J connectivity index is 1.77. The predicted octanol–water partition coefficient (Wildman–Crippen LogP) is 2.22. The van der Waals surface area contributed by atoms with E-state index in [2.05, 4.69) is 15.8 Å². The Kier molecular flexibility index (Phi) is 5.70. The number of benzene rings is 2. The van der Waals surface area contributed by atoms with Crippen LogP contribution in [0.25, 0.3) is 0 Å². The molecule has 7 nitrogen and oxygen atoms in total. The zero-order chi connectivity index (χ0) is 16.5. The molecule has 2 amide bonds. The minimum Gasteiger partial charge on any atom is -0.425 e. The lowest BCUT2D eigenvalue weighted by atomic mass is 10.2. The van der Waals surface area contributed by atoms with Crippen molar-refractivity contribution in [1.29, 1.82) is 0 Å². The number of hydrogen-bond acceptors (Lipinski definition) is 5. The van der Waals surface area contributed by atoms with Crippen molar-refractivity contribution < 1.29 is 19.5 Å². The van der Waals surface area contributed by atoms with Gasteiger partial charge in [0, 0.05) is 5.69 Å². The number of hydrogen-bond donors (Lipinski definition) is 3.